The van der Waals surface area contributed by atoms with Gasteiger partial charge in [0.05, 0.1) is 0 Å². The zero-order valence-electron chi connectivity index (χ0n) is 7.94. The highest BCUT2D eigenvalue weighted by Gasteiger charge is 2.02. The maximum atomic E-state index is 4.37. The number of rotatable bonds is 0. The second-order valence-electron chi connectivity index (χ2n) is 3.51. The van der Waals surface area contributed by atoms with Gasteiger partial charge in [0.1, 0.15) is 5.65 Å². The average Bonchev–Trinajstić information content (AvgIpc) is 2.65. The zero-order chi connectivity index (χ0) is 9.54. The van der Waals surface area contributed by atoms with E-state index in [0.717, 1.165) is 5.65 Å². The molecule has 2 heteroatoms. The number of pyridine rings is 1. The van der Waals surface area contributed by atoms with Crippen molar-refractivity contribution in [3.8, 4) is 0 Å². The molecule has 0 unspecified atom stereocenters. The smallest absolute Gasteiger partial charge is 0.144 e. The van der Waals surface area contributed by atoms with Gasteiger partial charge >= 0.3 is 0 Å². The van der Waals surface area contributed by atoms with Crippen LogP contribution >= 0.6 is 0 Å². The topological polar surface area (TPSA) is 17.3 Å². The summed E-state index contributed by atoms with van der Waals surface area (Å²) in [7, 11) is 0. The van der Waals surface area contributed by atoms with E-state index >= 15 is 0 Å². The quantitative estimate of drug-likeness (QED) is 0.522. The highest BCUT2D eigenvalue weighted by Crippen LogP contribution is 2.21. The normalized spacial score (nSPS) is 11.2. The second kappa shape index (κ2) is 2.58. The second-order valence-corrected chi connectivity index (χ2v) is 3.51. The highest BCUT2D eigenvalue weighted by atomic mass is 15.0. The van der Waals surface area contributed by atoms with Gasteiger partial charge in [-0.3, -0.25) is 0 Å². The van der Waals surface area contributed by atoms with Gasteiger partial charge in [-0.25, -0.2) is 4.98 Å². The molecule has 2 nitrogen and oxygen atoms in total. The molecule has 0 N–H and O–H groups in total. The van der Waals surface area contributed by atoms with Crippen molar-refractivity contribution in [3.05, 3.63) is 48.4 Å². The molecular formula is C12H10N2. The van der Waals surface area contributed by atoms with E-state index < -0.39 is 0 Å². The molecule has 0 radical (unpaired) electrons. The summed E-state index contributed by atoms with van der Waals surface area (Å²) in [5.41, 5.74) is 2.32. The molecule has 0 spiro atoms. The van der Waals surface area contributed by atoms with Crippen LogP contribution in [0.2, 0.25) is 0 Å². The third-order valence-electron chi connectivity index (χ3n) is 2.61. The van der Waals surface area contributed by atoms with Gasteiger partial charge in [-0.1, -0.05) is 18.2 Å². The van der Waals surface area contributed by atoms with Crippen LogP contribution in [0.5, 0.6) is 0 Å². The first kappa shape index (κ1) is 7.56. The molecule has 0 aliphatic heterocycles. The summed E-state index contributed by atoms with van der Waals surface area (Å²) in [6.07, 6.45) is 5.85. The van der Waals surface area contributed by atoms with Gasteiger partial charge in [-0.05, 0) is 23.9 Å². The molecule has 0 saturated heterocycles. The fraction of sp³-hybridized carbons (Fsp3) is 0.0833. The van der Waals surface area contributed by atoms with Crippen LogP contribution in [0.25, 0.3) is 16.4 Å². The molecule has 0 bridgehead atoms. The standard InChI is InChI=1S/C12H10N2/c1-9-3-2-4-10-5-7-14-8-6-13-12(14)11(9)10/h2-8H,1H3. The average molecular weight is 182 g/mol. The number of aromatic nitrogens is 2. The fourth-order valence-corrected chi connectivity index (χ4v) is 1.92. The SMILES string of the molecule is Cc1cccc2ccn3ccnc3c12. The van der Waals surface area contributed by atoms with E-state index in [2.05, 4.69) is 40.6 Å². The Morgan fingerprint density at radius 3 is 3.00 bits per heavy atom. The Hall–Kier alpha value is -1.83. The Bertz CT molecular complexity index is 608. The summed E-state index contributed by atoms with van der Waals surface area (Å²) in [4.78, 5) is 4.37. The summed E-state index contributed by atoms with van der Waals surface area (Å²) < 4.78 is 2.05. The van der Waals surface area contributed by atoms with E-state index in [4.69, 9.17) is 0 Å². The van der Waals surface area contributed by atoms with Crippen molar-refractivity contribution in [3.63, 3.8) is 0 Å². The van der Waals surface area contributed by atoms with Gasteiger partial charge in [0, 0.05) is 24.0 Å². The first-order chi connectivity index (χ1) is 6.86. The minimum absolute atomic E-state index is 1.04. The number of hydrogen-bond donors (Lipinski definition) is 0. The van der Waals surface area contributed by atoms with Crippen LogP contribution < -0.4 is 0 Å². The molecule has 3 rings (SSSR count). The number of fused-ring (bicyclic) bond motifs is 3. The minimum atomic E-state index is 1.04. The first-order valence-electron chi connectivity index (χ1n) is 4.67. The molecule has 0 aliphatic rings. The molecule has 0 atom stereocenters. The van der Waals surface area contributed by atoms with Crippen molar-refractivity contribution in [2.24, 2.45) is 0 Å². The molecule has 2 heterocycles. The largest absolute Gasteiger partial charge is 0.307 e. The number of benzene rings is 1. The van der Waals surface area contributed by atoms with Crippen molar-refractivity contribution in [2.75, 3.05) is 0 Å². The molecule has 0 fully saturated rings. The number of imidazole rings is 1. The van der Waals surface area contributed by atoms with E-state index in [1.54, 1.807) is 0 Å². The van der Waals surface area contributed by atoms with E-state index in [9.17, 15) is 0 Å². The summed E-state index contributed by atoms with van der Waals surface area (Å²) in [5.74, 6) is 0. The van der Waals surface area contributed by atoms with Gasteiger partial charge in [0.15, 0.2) is 0 Å². The molecule has 0 aliphatic carbocycles. The maximum Gasteiger partial charge on any atom is 0.144 e. The van der Waals surface area contributed by atoms with Crippen LogP contribution in [-0.4, -0.2) is 9.38 Å². The Morgan fingerprint density at radius 2 is 2.07 bits per heavy atom. The van der Waals surface area contributed by atoms with Crippen LogP contribution in [0.3, 0.4) is 0 Å². The molecule has 14 heavy (non-hydrogen) atoms. The Balaban J connectivity index is 2.67. The summed E-state index contributed by atoms with van der Waals surface area (Å²) in [6, 6.07) is 8.45. The molecule has 68 valence electrons. The Kier molecular flexibility index (Phi) is 1.39. The molecular weight excluding hydrogens is 172 g/mol. The van der Waals surface area contributed by atoms with Crippen molar-refractivity contribution in [1.82, 2.24) is 9.38 Å². The minimum Gasteiger partial charge on any atom is -0.307 e. The lowest BCUT2D eigenvalue weighted by Gasteiger charge is -2.03. The number of nitrogens with zero attached hydrogens (tertiary/aromatic N) is 2. The Morgan fingerprint density at radius 1 is 1.14 bits per heavy atom. The molecule has 2 aromatic heterocycles. The zero-order valence-corrected chi connectivity index (χ0v) is 7.94. The predicted molar refractivity (Wildman–Crippen MR) is 57.4 cm³/mol. The van der Waals surface area contributed by atoms with E-state index in [1.165, 1.54) is 16.3 Å². The van der Waals surface area contributed by atoms with Gasteiger partial charge in [0.2, 0.25) is 0 Å². The highest BCUT2D eigenvalue weighted by molar-refractivity contribution is 5.96. The van der Waals surface area contributed by atoms with Crippen LogP contribution in [0, 0.1) is 6.92 Å². The van der Waals surface area contributed by atoms with Gasteiger partial charge in [0.25, 0.3) is 0 Å². The van der Waals surface area contributed by atoms with E-state index in [-0.39, 0.29) is 0 Å². The van der Waals surface area contributed by atoms with E-state index in [1.807, 2.05) is 18.6 Å². The van der Waals surface area contributed by atoms with Crippen LogP contribution in [0.15, 0.2) is 42.9 Å². The van der Waals surface area contributed by atoms with E-state index in [0.29, 0.717) is 0 Å². The van der Waals surface area contributed by atoms with Crippen molar-refractivity contribution in [2.45, 2.75) is 6.92 Å². The lowest BCUT2D eigenvalue weighted by atomic mass is 10.1. The fourth-order valence-electron chi connectivity index (χ4n) is 1.92. The van der Waals surface area contributed by atoms with Gasteiger partial charge in [-0.2, -0.15) is 0 Å². The van der Waals surface area contributed by atoms with Gasteiger partial charge < -0.3 is 4.40 Å². The molecule has 1 aromatic carbocycles. The predicted octanol–water partition coefficient (Wildman–Crippen LogP) is 2.80. The molecule has 0 saturated carbocycles. The third kappa shape index (κ3) is 0.880. The first-order valence-corrected chi connectivity index (χ1v) is 4.67. The van der Waals surface area contributed by atoms with Crippen molar-refractivity contribution >= 4 is 16.4 Å². The summed E-state index contributed by atoms with van der Waals surface area (Å²) in [6.45, 7) is 2.12. The summed E-state index contributed by atoms with van der Waals surface area (Å²) in [5, 5.41) is 2.50. The third-order valence-corrected chi connectivity index (χ3v) is 2.61. The van der Waals surface area contributed by atoms with Crippen molar-refractivity contribution < 1.29 is 0 Å². The van der Waals surface area contributed by atoms with Crippen LogP contribution in [0.1, 0.15) is 5.56 Å². The van der Waals surface area contributed by atoms with Gasteiger partial charge in [-0.15, -0.1) is 0 Å². The molecule has 0 amide bonds. The van der Waals surface area contributed by atoms with Crippen molar-refractivity contribution in [1.29, 1.82) is 0 Å². The molecule has 3 aromatic rings. The number of aryl methyl sites for hydroxylation is 1. The summed E-state index contributed by atoms with van der Waals surface area (Å²) >= 11 is 0. The van der Waals surface area contributed by atoms with Crippen LogP contribution in [-0.2, 0) is 0 Å². The lowest BCUT2D eigenvalue weighted by molar-refractivity contribution is 1.20. The number of hydrogen-bond acceptors (Lipinski definition) is 1. The monoisotopic (exact) mass is 182 g/mol. The Labute approximate surface area is 81.8 Å². The maximum absolute atomic E-state index is 4.37. The van der Waals surface area contributed by atoms with Crippen LogP contribution in [0.4, 0.5) is 0 Å². The lowest BCUT2D eigenvalue weighted by Crippen LogP contribution is -1.86.